The van der Waals surface area contributed by atoms with Crippen molar-refractivity contribution in [1.29, 1.82) is 0 Å². The first-order valence-electron chi connectivity index (χ1n) is 10.6. The second-order valence-corrected chi connectivity index (χ2v) is 24.0. The average Bonchev–Trinajstić information content (AvgIpc) is 3.19. The van der Waals surface area contributed by atoms with Gasteiger partial charge in [-0.15, -0.1) is 0 Å². The molecule has 7 heteroatoms. The molecule has 5 rings (SSSR count). The highest BCUT2D eigenvalue weighted by Crippen LogP contribution is 3.05. The molecule has 0 radical (unpaired) electrons. The Morgan fingerprint density at radius 1 is 0.667 bits per heavy atom. The molecule has 0 bridgehead atoms. The Bertz CT molecular complexity index is 1230. The molecule has 0 amide bonds. The molecular formula is C26H22O2P2S3. The quantitative estimate of drug-likeness (QED) is 0.349. The molecule has 1 fully saturated rings. The Hall–Kier alpha value is -1.74. The highest BCUT2D eigenvalue weighted by molar-refractivity contribution is 9.42. The molecule has 1 aliphatic heterocycles. The second kappa shape index (κ2) is 10.7. The van der Waals surface area contributed by atoms with E-state index < -0.39 is 4.44 Å². The maximum absolute atomic E-state index is 6.15. The number of hydrogen-bond donors (Lipinski definition) is 0. The van der Waals surface area contributed by atoms with Gasteiger partial charge >= 0.3 is 0 Å². The average molecular weight is 525 g/mol. The van der Waals surface area contributed by atoms with Gasteiger partial charge in [-0.05, 0) is 78.9 Å². The van der Waals surface area contributed by atoms with Gasteiger partial charge in [0.1, 0.15) is 23.0 Å². The molecule has 0 spiro atoms. The fourth-order valence-electron chi connectivity index (χ4n) is 3.33. The Balaban J connectivity index is 1.18. The van der Waals surface area contributed by atoms with E-state index in [9.17, 15) is 0 Å². The molecule has 3 aliphatic rings. The number of rotatable bonds is 6. The number of allylic oxidation sites excluding steroid dienone is 10. The van der Waals surface area contributed by atoms with Crippen LogP contribution in [0.25, 0.3) is 0 Å². The fourth-order valence-corrected chi connectivity index (χ4v) is 29.6. The van der Waals surface area contributed by atoms with E-state index in [2.05, 4.69) is 48.6 Å². The van der Waals surface area contributed by atoms with E-state index in [1.807, 2.05) is 82.7 Å². The van der Waals surface area contributed by atoms with Crippen LogP contribution in [0.2, 0.25) is 0 Å². The monoisotopic (exact) mass is 524 g/mol. The van der Waals surface area contributed by atoms with Crippen molar-refractivity contribution in [2.45, 2.75) is 12.8 Å². The molecule has 166 valence electrons. The van der Waals surface area contributed by atoms with E-state index in [0.717, 1.165) is 35.9 Å². The summed E-state index contributed by atoms with van der Waals surface area (Å²) in [5.74, 6) is 3.48. The Morgan fingerprint density at radius 3 is 1.82 bits per heavy atom. The van der Waals surface area contributed by atoms with Gasteiger partial charge in [-0.25, -0.2) is 0 Å². The molecule has 1 saturated heterocycles. The normalized spacial score (nSPS) is 24.3. The van der Waals surface area contributed by atoms with Gasteiger partial charge < -0.3 is 9.47 Å². The maximum Gasteiger partial charge on any atom is 0.127 e. The highest BCUT2D eigenvalue weighted by atomic mass is 33.7. The smallest absolute Gasteiger partial charge is 0.127 e. The summed E-state index contributed by atoms with van der Waals surface area (Å²) >= 11 is 10.2. The first kappa shape index (κ1) is 23.0. The lowest BCUT2D eigenvalue weighted by Crippen LogP contribution is -1.91. The molecule has 0 aromatic heterocycles. The van der Waals surface area contributed by atoms with Crippen molar-refractivity contribution in [2.75, 3.05) is 0 Å². The van der Waals surface area contributed by atoms with Crippen LogP contribution in [0.15, 0.2) is 131 Å². The third kappa shape index (κ3) is 5.85. The van der Waals surface area contributed by atoms with Gasteiger partial charge in [0.25, 0.3) is 0 Å². The summed E-state index contributed by atoms with van der Waals surface area (Å²) in [5, 5.41) is 2.67. The van der Waals surface area contributed by atoms with Gasteiger partial charge in [-0.1, -0.05) is 82.4 Å². The lowest BCUT2D eigenvalue weighted by molar-refractivity contribution is 0.442. The summed E-state index contributed by atoms with van der Waals surface area (Å²) in [6.45, 7) is 0. The summed E-state index contributed by atoms with van der Waals surface area (Å²) in [4.78, 5) is 0. The van der Waals surface area contributed by atoms with Crippen LogP contribution in [0.5, 0.6) is 11.5 Å². The van der Waals surface area contributed by atoms with E-state index in [-0.39, 0.29) is 6.33 Å². The zero-order valence-corrected chi connectivity index (χ0v) is 22.0. The van der Waals surface area contributed by atoms with Crippen molar-refractivity contribution in [1.82, 2.24) is 0 Å². The molecule has 0 unspecified atom stereocenters. The van der Waals surface area contributed by atoms with Crippen LogP contribution in [0.4, 0.5) is 0 Å². The summed E-state index contributed by atoms with van der Waals surface area (Å²) in [5.41, 5.74) is 0. The first-order valence-corrected chi connectivity index (χ1v) is 18.8. The molecular weight excluding hydrogens is 502 g/mol. The van der Waals surface area contributed by atoms with Crippen molar-refractivity contribution >= 4 is 44.6 Å². The molecule has 1 heterocycles. The van der Waals surface area contributed by atoms with E-state index in [1.54, 1.807) is 0 Å². The number of para-hydroxylation sites is 2. The number of ether oxygens (including phenoxy) is 2. The third-order valence-electron chi connectivity index (χ3n) is 4.98. The topological polar surface area (TPSA) is 18.5 Å². The van der Waals surface area contributed by atoms with E-state index in [0.29, 0.717) is 0 Å². The van der Waals surface area contributed by atoms with Crippen molar-refractivity contribution in [2.24, 2.45) is 0 Å². The highest BCUT2D eigenvalue weighted by Gasteiger charge is 2.41. The summed E-state index contributed by atoms with van der Waals surface area (Å²) < 4.78 is 10.4. The van der Waals surface area contributed by atoms with Crippen LogP contribution in [-0.2, 0) is 11.8 Å². The summed E-state index contributed by atoms with van der Waals surface area (Å²) in [7, 11) is 0. The minimum Gasteiger partial charge on any atom is -0.458 e. The Kier molecular flexibility index (Phi) is 7.45. The van der Waals surface area contributed by atoms with Crippen molar-refractivity contribution in [3.05, 3.63) is 131 Å². The van der Waals surface area contributed by atoms with Crippen LogP contribution < -0.4 is 9.47 Å². The van der Waals surface area contributed by atoms with Gasteiger partial charge in [0.2, 0.25) is 0 Å². The Labute approximate surface area is 209 Å². The number of hydrogen-bond acceptors (Lipinski definition) is 5. The number of benzene rings is 2. The zero-order chi connectivity index (χ0) is 22.5. The van der Waals surface area contributed by atoms with Crippen LogP contribution in [0.3, 0.4) is 0 Å². The third-order valence-corrected chi connectivity index (χ3v) is 30.1. The van der Waals surface area contributed by atoms with Gasteiger partial charge in [0, 0.05) is 5.31 Å². The molecule has 0 atom stereocenters. The van der Waals surface area contributed by atoms with E-state index in [1.165, 1.54) is 10.6 Å². The summed E-state index contributed by atoms with van der Waals surface area (Å²) in [6, 6.07) is 19.8. The summed E-state index contributed by atoms with van der Waals surface area (Å²) in [6.07, 6.45) is 18.7. The standard InChI is InChI=1S/C26H22O2P2S3/c31-30(26-16-8-14-24(18-20-26)28-22-11-5-2-6-12-22)32-29(33-30)25-15-7-13-23(17-19-25)27-21-9-3-1-4-10-21/h1-6,9-20H,7-8H2. The minimum absolute atomic E-state index is 0.343. The largest absolute Gasteiger partial charge is 0.458 e. The van der Waals surface area contributed by atoms with Gasteiger partial charge in [-0.2, -0.15) is 0 Å². The minimum atomic E-state index is -1.65. The molecule has 0 N–H and O–H groups in total. The molecule has 2 aromatic rings. The van der Waals surface area contributed by atoms with Crippen LogP contribution in [-0.4, -0.2) is 0 Å². The SMILES string of the molecule is S=P1(C2=CCC=C(Oc3ccccc3)C=C2)SP(C2=CCC=C(Oc3ccccc3)C=C2)S1. The molecule has 2 nitrogen and oxygen atoms in total. The van der Waals surface area contributed by atoms with Crippen molar-refractivity contribution in [3.63, 3.8) is 0 Å². The first-order chi connectivity index (χ1) is 16.2. The van der Waals surface area contributed by atoms with Gasteiger partial charge in [0.05, 0.1) is 10.8 Å². The lowest BCUT2D eigenvalue weighted by atomic mass is 10.3. The predicted octanol–water partition coefficient (Wildman–Crippen LogP) is 9.70. The molecule has 0 saturated carbocycles. The van der Waals surface area contributed by atoms with E-state index in [4.69, 9.17) is 21.3 Å². The van der Waals surface area contributed by atoms with Crippen LogP contribution >= 0.6 is 32.8 Å². The van der Waals surface area contributed by atoms with Gasteiger partial charge in [0.15, 0.2) is 0 Å². The van der Waals surface area contributed by atoms with Crippen molar-refractivity contribution < 1.29 is 9.47 Å². The Morgan fingerprint density at radius 2 is 1.21 bits per heavy atom. The lowest BCUT2D eigenvalue weighted by Gasteiger charge is -2.38. The predicted molar refractivity (Wildman–Crippen MR) is 150 cm³/mol. The van der Waals surface area contributed by atoms with Crippen LogP contribution in [0.1, 0.15) is 12.8 Å². The maximum atomic E-state index is 6.15. The van der Waals surface area contributed by atoms with Gasteiger partial charge in [-0.3, -0.25) is 0 Å². The van der Waals surface area contributed by atoms with Crippen molar-refractivity contribution in [3.8, 4) is 11.5 Å². The van der Waals surface area contributed by atoms with E-state index >= 15 is 0 Å². The molecule has 2 aliphatic carbocycles. The fraction of sp³-hybridized carbons (Fsp3) is 0.0769. The second-order valence-electron chi connectivity index (χ2n) is 7.36. The molecule has 33 heavy (non-hydrogen) atoms. The van der Waals surface area contributed by atoms with Crippen LogP contribution in [0, 0.1) is 0 Å². The molecule has 2 aromatic carbocycles. The zero-order valence-electron chi connectivity index (χ0n) is 17.7.